The number of rotatable bonds is 12. The van der Waals surface area contributed by atoms with Crippen LogP contribution in [0, 0.1) is 11.8 Å². The smallest absolute Gasteiger partial charge is 0.253 e. The molecule has 5 nitrogen and oxygen atoms in total. The molecule has 0 aliphatic heterocycles. The lowest BCUT2D eigenvalue weighted by Gasteiger charge is -2.19. The fourth-order valence-electron chi connectivity index (χ4n) is 3.81. The molecule has 0 radical (unpaired) electrons. The largest absolute Gasteiger partial charge is 0.330 e. The minimum absolute atomic E-state index is 0.203. The normalized spacial score (nSPS) is 21.5. The quantitative estimate of drug-likeness (QED) is 0.289. The van der Waals surface area contributed by atoms with Gasteiger partial charge in [0.15, 0.2) is 0 Å². The Labute approximate surface area is 182 Å². The molecule has 3 N–H and O–H groups in total. The van der Waals surface area contributed by atoms with Gasteiger partial charge in [-0.1, -0.05) is 36.5 Å². The zero-order valence-corrected chi connectivity index (χ0v) is 18.3. The molecule has 0 saturated carbocycles. The Morgan fingerprint density at radius 2 is 1.43 bits per heavy atom. The van der Waals surface area contributed by atoms with Crippen molar-refractivity contribution in [3.05, 3.63) is 48.6 Å². The Bertz CT molecular complexity index is 590. The van der Waals surface area contributed by atoms with E-state index in [1.54, 1.807) is 12.2 Å². The molecule has 0 heterocycles. The Kier molecular flexibility index (Phi) is 12.1. The molecule has 0 aromatic rings. The van der Waals surface area contributed by atoms with Crippen LogP contribution in [0.4, 0.5) is 0 Å². The summed E-state index contributed by atoms with van der Waals surface area (Å²) in [5, 5.41) is 3.36. The lowest BCUT2D eigenvalue weighted by atomic mass is 9.94. The molecule has 166 valence electrons. The summed E-state index contributed by atoms with van der Waals surface area (Å²) in [5.41, 5.74) is 5.51. The summed E-state index contributed by atoms with van der Waals surface area (Å²) in [6.07, 6.45) is 24.9. The summed E-state index contributed by atoms with van der Waals surface area (Å²) < 4.78 is 0. The number of imide groups is 1. The lowest BCUT2D eigenvalue weighted by molar-refractivity contribution is -0.138. The average Bonchev–Trinajstić information content (AvgIpc) is 2.79. The zero-order chi connectivity index (χ0) is 21.4. The van der Waals surface area contributed by atoms with Gasteiger partial charge in [0, 0.05) is 6.54 Å². The topological polar surface area (TPSA) is 75.4 Å². The number of hydrogen-bond acceptors (Lipinski definition) is 4. The Morgan fingerprint density at radius 1 is 0.867 bits per heavy atom. The number of carbonyl (C=O) groups is 2. The second kappa shape index (κ2) is 14.9. The fourth-order valence-corrected chi connectivity index (χ4v) is 3.81. The SMILES string of the molecule is NCCCCNCCCN(C(=O)C=CC1CC=CCC1)C(=O)C=CC1CC=CCC1. The third kappa shape index (κ3) is 9.68. The van der Waals surface area contributed by atoms with Crippen molar-refractivity contribution in [2.45, 2.75) is 57.8 Å². The highest BCUT2D eigenvalue weighted by Gasteiger charge is 2.18. The maximum absolute atomic E-state index is 12.8. The van der Waals surface area contributed by atoms with Gasteiger partial charge < -0.3 is 11.1 Å². The van der Waals surface area contributed by atoms with Gasteiger partial charge in [0.05, 0.1) is 0 Å². The highest BCUT2D eigenvalue weighted by atomic mass is 16.2. The molecule has 2 rings (SSSR count). The summed E-state index contributed by atoms with van der Waals surface area (Å²) in [6, 6.07) is 0. The van der Waals surface area contributed by atoms with Crippen molar-refractivity contribution in [3.8, 4) is 0 Å². The van der Waals surface area contributed by atoms with Crippen LogP contribution in [0.15, 0.2) is 48.6 Å². The molecule has 2 aliphatic carbocycles. The Morgan fingerprint density at radius 3 is 1.93 bits per heavy atom. The number of amides is 2. The molecule has 2 aliphatic rings. The zero-order valence-electron chi connectivity index (χ0n) is 18.3. The molecule has 2 amide bonds. The van der Waals surface area contributed by atoms with Gasteiger partial charge in [0.2, 0.25) is 0 Å². The van der Waals surface area contributed by atoms with Gasteiger partial charge in [-0.2, -0.15) is 0 Å². The first-order chi connectivity index (χ1) is 14.7. The predicted octanol–water partition coefficient (Wildman–Crippen LogP) is 3.89. The van der Waals surface area contributed by atoms with Crippen molar-refractivity contribution in [3.63, 3.8) is 0 Å². The van der Waals surface area contributed by atoms with Crippen molar-refractivity contribution >= 4 is 11.8 Å². The van der Waals surface area contributed by atoms with Gasteiger partial charge in [0.25, 0.3) is 11.8 Å². The van der Waals surface area contributed by atoms with E-state index < -0.39 is 0 Å². The van der Waals surface area contributed by atoms with Crippen LogP contribution in [0.25, 0.3) is 0 Å². The standard InChI is InChI=1S/C25H39N3O2/c26-18-7-8-19-27-20-9-21-28(24(29)16-14-22-10-3-1-4-11-22)25(30)17-15-23-12-5-2-6-13-23/h1-3,5,14-17,22-23,27H,4,6-13,18-21,26H2. The van der Waals surface area contributed by atoms with Crippen LogP contribution in [-0.2, 0) is 9.59 Å². The van der Waals surface area contributed by atoms with E-state index in [0.29, 0.717) is 24.9 Å². The first-order valence-corrected chi connectivity index (χ1v) is 11.6. The van der Waals surface area contributed by atoms with Crippen molar-refractivity contribution in [2.24, 2.45) is 17.6 Å². The van der Waals surface area contributed by atoms with Gasteiger partial charge in [-0.25, -0.2) is 0 Å². The maximum Gasteiger partial charge on any atom is 0.253 e. The van der Waals surface area contributed by atoms with E-state index in [9.17, 15) is 9.59 Å². The first-order valence-electron chi connectivity index (χ1n) is 11.6. The van der Waals surface area contributed by atoms with Crippen LogP contribution in [0.2, 0.25) is 0 Å². The van der Waals surface area contributed by atoms with E-state index in [4.69, 9.17) is 5.73 Å². The average molecular weight is 414 g/mol. The Hall–Kier alpha value is -1.98. The van der Waals surface area contributed by atoms with Crippen LogP contribution in [-0.4, -0.2) is 42.9 Å². The number of unbranched alkanes of at least 4 members (excludes halogenated alkanes) is 1. The van der Waals surface area contributed by atoms with Crippen molar-refractivity contribution in [1.29, 1.82) is 0 Å². The van der Waals surface area contributed by atoms with E-state index in [1.807, 2.05) is 12.2 Å². The monoisotopic (exact) mass is 413 g/mol. The molecule has 0 aromatic carbocycles. The molecule has 0 bridgehead atoms. The third-order valence-electron chi connectivity index (χ3n) is 5.72. The summed E-state index contributed by atoms with van der Waals surface area (Å²) in [7, 11) is 0. The molecule has 0 aromatic heterocycles. The highest BCUT2D eigenvalue weighted by Crippen LogP contribution is 2.20. The maximum atomic E-state index is 12.8. The van der Waals surface area contributed by atoms with E-state index in [1.165, 1.54) is 4.90 Å². The summed E-state index contributed by atoms with van der Waals surface area (Å²) >= 11 is 0. The molecule has 5 heteroatoms. The number of nitrogens with one attached hydrogen (secondary N) is 1. The van der Waals surface area contributed by atoms with E-state index in [0.717, 1.165) is 70.9 Å². The predicted molar refractivity (Wildman–Crippen MR) is 124 cm³/mol. The van der Waals surface area contributed by atoms with Crippen LogP contribution < -0.4 is 11.1 Å². The van der Waals surface area contributed by atoms with Gasteiger partial charge in [-0.05, 0) is 101 Å². The second-order valence-electron chi connectivity index (χ2n) is 8.23. The molecule has 0 spiro atoms. The third-order valence-corrected chi connectivity index (χ3v) is 5.72. The number of nitrogens with two attached hydrogens (primary N) is 1. The number of hydrogen-bond donors (Lipinski definition) is 2. The molecular weight excluding hydrogens is 374 g/mol. The van der Waals surface area contributed by atoms with Crippen LogP contribution in [0.1, 0.15) is 57.8 Å². The van der Waals surface area contributed by atoms with Crippen molar-refractivity contribution in [1.82, 2.24) is 10.2 Å². The molecule has 2 unspecified atom stereocenters. The molecule has 0 saturated heterocycles. The van der Waals surface area contributed by atoms with Crippen molar-refractivity contribution < 1.29 is 9.59 Å². The highest BCUT2D eigenvalue weighted by molar-refractivity contribution is 6.05. The minimum Gasteiger partial charge on any atom is -0.330 e. The molecular formula is C25H39N3O2. The lowest BCUT2D eigenvalue weighted by Crippen LogP contribution is -2.37. The summed E-state index contributed by atoms with van der Waals surface area (Å²) in [4.78, 5) is 27.0. The van der Waals surface area contributed by atoms with E-state index in [2.05, 4.69) is 29.6 Å². The van der Waals surface area contributed by atoms with Gasteiger partial charge in [-0.15, -0.1) is 0 Å². The molecule has 2 atom stereocenters. The van der Waals surface area contributed by atoms with Crippen molar-refractivity contribution in [2.75, 3.05) is 26.2 Å². The van der Waals surface area contributed by atoms with Gasteiger partial charge >= 0.3 is 0 Å². The Balaban J connectivity index is 1.88. The van der Waals surface area contributed by atoms with E-state index >= 15 is 0 Å². The molecule has 0 fully saturated rings. The number of allylic oxidation sites excluding steroid dienone is 6. The number of nitrogens with zero attached hydrogens (tertiary/aromatic N) is 1. The summed E-state index contributed by atoms with van der Waals surface area (Å²) in [6.45, 7) is 2.86. The summed E-state index contributed by atoms with van der Waals surface area (Å²) in [5.74, 6) is 0.381. The second-order valence-corrected chi connectivity index (χ2v) is 8.23. The van der Waals surface area contributed by atoms with Gasteiger partial charge in [0.1, 0.15) is 0 Å². The van der Waals surface area contributed by atoms with Gasteiger partial charge in [-0.3, -0.25) is 14.5 Å². The first kappa shape index (κ1) is 24.3. The minimum atomic E-state index is -0.203. The van der Waals surface area contributed by atoms with Crippen LogP contribution in [0.3, 0.4) is 0 Å². The van der Waals surface area contributed by atoms with Crippen LogP contribution >= 0.6 is 0 Å². The van der Waals surface area contributed by atoms with Crippen LogP contribution in [0.5, 0.6) is 0 Å². The molecule has 30 heavy (non-hydrogen) atoms. The fraction of sp³-hybridized carbons (Fsp3) is 0.600. The van der Waals surface area contributed by atoms with E-state index in [-0.39, 0.29) is 11.8 Å². The number of carbonyl (C=O) groups excluding carboxylic acids is 2.